The van der Waals surface area contributed by atoms with E-state index < -0.39 is 0 Å². The van der Waals surface area contributed by atoms with Crippen LogP contribution in [0.3, 0.4) is 0 Å². The molecule has 4 heteroatoms. The highest BCUT2D eigenvalue weighted by Crippen LogP contribution is 2.25. The summed E-state index contributed by atoms with van der Waals surface area (Å²) >= 11 is 7.07. The Kier molecular flexibility index (Phi) is 2.55. The molecule has 0 atom stereocenters. The fraction of sp³-hybridized carbons (Fsp3) is 0.167. The van der Waals surface area contributed by atoms with Crippen LogP contribution in [-0.2, 0) is 0 Å². The summed E-state index contributed by atoms with van der Waals surface area (Å²) in [7, 11) is 0. The van der Waals surface area contributed by atoms with Gasteiger partial charge in [0.2, 0.25) is 0 Å². The van der Waals surface area contributed by atoms with E-state index in [9.17, 15) is 0 Å². The van der Waals surface area contributed by atoms with E-state index in [0.29, 0.717) is 6.54 Å². The Morgan fingerprint density at radius 2 is 2.50 bits per heavy atom. The number of rotatable bonds is 2. The first kappa shape index (κ1) is 7.39. The van der Waals surface area contributed by atoms with Gasteiger partial charge in [0.05, 0.1) is 15.4 Å². The zero-order valence-electron chi connectivity index (χ0n) is 5.10. The van der Waals surface area contributed by atoms with Crippen LogP contribution in [0.4, 0.5) is 5.00 Å². The standard InChI is InChI=1S/C6H5ClN2S/c7-5-1-2-6(10-5)9-4-3-8/h1-2,9H,4H2. The molecule has 0 radical (unpaired) electrons. The van der Waals surface area contributed by atoms with Crippen molar-refractivity contribution in [3.05, 3.63) is 16.5 Å². The quantitative estimate of drug-likeness (QED) is 0.696. The summed E-state index contributed by atoms with van der Waals surface area (Å²) < 4.78 is 0.737. The molecular weight excluding hydrogens is 168 g/mol. The lowest BCUT2D eigenvalue weighted by Gasteiger charge is -1.91. The van der Waals surface area contributed by atoms with Gasteiger partial charge in [0.15, 0.2) is 0 Å². The summed E-state index contributed by atoms with van der Waals surface area (Å²) in [6.07, 6.45) is 0. The third-order valence-corrected chi connectivity index (χ3v) is 2.10. The third-order valence-electron chi connectivity index (χ3n) is 0.915. The van der Waals surface area contributed by atoms with Crippen LogP contribution < -0.4 is 5.32 Å². The van der Waals surface area contributed by atoms with Gasteiger partial charge < -0.3 is 5.32 Å². The van der Waals surface area contributed by atoms with Crippen LogP contribution in [0.1, 0.15) is 0 Å². The lowest BCUT2D eigenvalue weighted by atomic mass is 10.6. The van der Waals surface area contributed by atoms with E-state index in [2.05, 4.69) is 5.32 Å². The molecule has 52 valence electrons. The average molecular weight is 173 g/mol. The van der Waals surface area contributed by atoms with E-state index in [1.165, 1.54) is 11.3 Å². The fourth-order valence-corrected chi connectivity index (χ4v) is 1.47. The Morgan fingerprint density at radius 1 is 1.70 bits per heavy atom. The number of nitrogens with one attached hydrogen (secondary N) is 1. The molecule has 1 rings (SSSR count). The molecular formula is C6H5ClN2S. The molecule has 0 fully saturated rings. The molecule has 0 saturated carbocycles. The molecule has 1 N–H and O–H groups in total. The minimum atomic E-state index is 0.330. The SMILES string of the molecule is N#CCNc1ccc(Cl)s1. The molecule has 10 heavy (non-hydrogen) atoms. The van der Waals surface area contributed by atoms with Crippen LogP contribution in [0.25, 0.3) is 0 Å². The minimum Gasteiger partial charge on any atom is -0.364 e. The molecule has 0 aliphatic rings. The fourth-order valence-electron chi connectivity index (χ4n) is 0.536. The molecule has 1 aromatic heterocycles. The lowest BCUT2D eigenvalue weighted by Crippen LogP contribution is -1.94. The highest BCUT2D eigenvalue weighted by atomic mass is 35.5. The van der Waals surface area contributed by atoms with Crippen molar-refractivity contribution in [1.82, 2.24) is 0 Å². The summed E-state index contributed by atoms with van der Waals surface area (Å²) in [4.78, 5) is 0. The van der Waals surface area contributed by atoms with Crippen molar-refractivity contribution in [3.63, 3.8) is 0 Å². The highest BCUT2D eigenvalue weighted by molar-refractivity contribution is 7.19. The average Bonchev–Trinajstić information content (AvgIpc) is 2.31. The predicted octanol–water partition coefficient (Wildman–Crippen LogP) is 2.34. The molecule has 2 nitrogen and oxygen atoms in total. The number of anilines is 1. The lowest BCUT2D eigenvalue weighted by molar-refractivity contribution is 1.34. The largest absolute Gasteiger partial charge is 0.364 e. The van der Waals surface area contributed by atoms with E-state index in [0.717, 1.165) is 9.34 Å². The van der Waals surface area contributed by atoms with Crippen molar-refractivity contribution >= 4 is 27.9 Å². The first-order valence-electron chi connectivity index (χ1n) is 2.69. The summed E-state index contributed by atoms with van der Waals surface area (Å²) in [5, 5.41) is 12.0. The molecule has 0 aliphatic heterocycles. The zero-order chi connectivity index (χ0) is 7.40. The van der Waals surface area contributed by atoms with E-state index in [-0.39, 0.29) is 0 Å². The van der Waals surface area contributed by atoms with Crippen molar-refractivity contribution in [2.24, 2.45) is 0 Å². The van der Waals surface area contributed by atoms with Crippen molar-refractivity contribution in [1.29, 1.82) is 5.26 Å². The number of nitriles is 1. The maximum Gasteiger partial charge on any atom is 0.103 e. The number of hydrogen-bond acceptors (Lipinski definition) is 3. The number of thiophene rings is 1. The van der Waals surface area contributed by atoms with Gasteiger partial charge in [-0.25, -0.2) is 0 Å². The van der Waals surface area contributed by atoms with Gasteiger partial charge in [0, 0.05) is 0 Å². The van der Waals surface area contributed by atoms with E-state index in [4.69, 9.17) is 16.9 Å². The van der Waals surface area contributed by atoms with Gasteiger partial charge in [0.1, 0.15) is 6.54 Å². The van der Waals surface area contributed by atoms with Gasteiger partial charge in [-0.15, -0.1) is 11.3 Å². The first-order valence-corrected chi connectivity index (χ1v) is 3.88. The van der Waals surface area contributed by atoms with Crippen LogP contribution in [0.2, 0.25) is 4.34 Å². The smallest absolute Gasteiger partial charge is 0.103 e. The van der Waals surface area contributed by atoms with E-state index >= 15 is 0 Å². The molecule has 0 saturated heterocycles. The number of halogens is 1. The molecule has 0 unspecified atom stereocenters. The predicted molar refractivity (Wildman–Crippen MR) is 43.4 cm³/mol. The van der Waals surface area contributed by atoms with E-state index in [1.807, 2.05) is 12.1 Å². The summed E-state index contributed by atoms with van der Waals surface area (Å²) in [6, 6.07) is 5.63. The normalized spacial score (nSPS) is 8.80. The Hall–Kier alpha value is -0.720. The third kappa shape index (κ3) is 1.90. The second-order valence-corrected chi connectivity index (χ2v) is 3.33. The molecule has 0 amide bonds. The van der Waals surface area contributed by atoms with Crippen LogP contribution in [-0.4, -0.2) is 6.54 Å². The van der Waals surface area contributed by atoms with Crippen molar-refractivity contribution in [2.75, 3.05) is 11.9 Å². The van der Waals surface area contributed by atoms with Crippen molar-refractivity contribution < 1.29 is 0 Å². The maximum absolute atomic E-state index is 8.19. The van der Waals surface area contributed by atoms with Crippen LogP contribution in [0, 0.1) is 11.3 Å². The second kappa shape index (κ2) is 3.45. The molecule has 0 bridgehead atoms. The summed E-state index contributed by atoms with van der Waals surface area (Å²) in [5.74, 6) is 0. The Bertz CT molecular complexity index is 250. The van der Waals surface area contributed by atoms with E-state index in [1.54, 1.807) is 6.07 Å². The molecule has 1 aromatic rings. The summed E-state index contributed by atoms with van der Waals surface area (Å²) in [6.45, 7) is 0.330. The van der Waals surface area contributed by atoms with Crippen LogP contribution in [0.15, 0.2) is 12.1 Å². The molecule has 0 spiro atoms. The molecule has 1 heterocycles. The molecule has 0 aromatic carbocycles. The van der Waals surface area contributed by atoms with Gasteiger partial charge in [-0.2, -0.15) is 5.26 Å². The van der Waals surface area contributed by atoms with Crippen LogP contribution >= 0.6 is 22.9 Å². The topological polar surface area (TPSA) is 35.8 Å². The molecule has 0 aliphatic carbocycles. The van der Waals surface area contributed by atoms with Gasteiger partial charge in [-0.1, -0.05) is 11.6 Å². The summed E-state index contributed by atoms with van der Waals surface area (Å²) in [5.41, 5.74) is 0. The zero-order valence-corrected chi connectivity index (χ0v) is 6.67. The second-order valence-electron chi connectivity index (χ2n) is 1.62. The number of hydrogen-bond donors (Lipinski definition) is 1. The van der Waals surface area contributed by atoms with Crippen molar-refractivity contribution in [3.8, 4) is 6.07 Å². The van der Waals surface area contributed by atoms with Gasteiger partial charge >= 0.3 is 0 Å². The maximum atomic E-state index is 8.19. The Morgan fingerprint density at radius 3 is 3.00 bits per heavy atom. The highest BCUT2D eigenvalue weighted by Gasteiger charge is 1.93. The Labute approximate surface area is 68.0 Å². The van der Waals surface area contributed by atoms with Crippen LogP contribution in [0.5, 0.6) is 0 Å². The van der Waals surface area contributed by atoms with Gasteiger partial charge in [-0.3, -0.25) is 0 Å². The van der Waals surface area contributed by atoms with Gasteiger partial charge in [0.25, 0.3) is 0 Å². The van der Waals surface area contributed by atoms with Gasteiger partial charge in [-0.05, 0) is 12.1 Å². The Balaban J connectivity index is 2.52. The monoisotopic (exact) mass is 172 g/mol. The minimum absolute atomic E-state index is 0.330. The first-order chi connectivity index (χ1) is 4.83. The van der Waals surface area contributed by atoms with Crippen molar-refractivity contribution in [2.45, 2.75) is 0 Å². The number of nitrogens with zero attached hydrogens (tertiary/aromatic N) is 1.